The topological polar surface area (TPSA) is 43.8 Å². The second-order valence-electron chi connectivity index (χ2n) is 4.95. The van der Waals surface area contributed by atoms with Crippen LogP contribution in [0.1, 0.15) is 5.69 Å². The molecule has 0 bridgehead atoms. The Labute approximate surface area is 145 Å². The summed E-state index contributed by atoms with van der Waals surface area (Å²) >= 11 is 12.1. The summed E-state index contributed by atoms with van der Waals surface area (Å²) in [6.45, 7) is 0. The predicted molar refractivity (Wildman–Crippen MR) is 88.4 cm³/mol. The summed E-state index contributed by atoms with van der Waals surface area (Å²) in [6.07, 6.45) is -4.72. The summed E-state index contributed by atoms with van der Waals surface area (Å²) in [7, 11) is 0. The maximum Gasteiger partial charge on any atom is 0.435 e. The Morgan fingerprint density at radius 3 is 2.00 bits per heavy atom. The monoisotopic (exact) mass is 371 g/mol. The van der Waals surface area contributed by atoms with Gasteiger partial charge in [-0.05, 0) is 24.3 Å². The smallest absolute Gasteiger partial charge is 0.383 e. The molecule has 0 radical (unpaired) electrons. The highest BCUT2D eigenvalue weighted by Crippen LogP contribution is 2.45. The van der Waals surface area contributed by atoms with E-state index < -0.39 is 11.9 Å². The van der Waals surface area contributed by atoms with Gasteiger partial charge in [-0.1, -0.05) is 47.5 Å². The number of hydrogen-bond donors (Lipinski definition) is 1. The standard InChI is InChI=1S/C16H10Cl2F3N3/c17-10-7-4-8-11(18)12(10)13-14(16(19,20)21)23-24(15(13)22)9-5-2-1-3-6-9/h1-8H,22H2. The first-order valence-electron chi connectivity index (χ1n) is 6.76. The van der Waals surface area contributed by atoms with Crippen molar-refractivity contribution in [3.05, 3.63) is 64.3 Å². The number of aromatic nitrogens is 2. The third-order valence-electron chi connectivity index (χ3n) is 3.40. The summed E-state index contributed by atoms with van der Waals surface area (Å²) in [5.74, 6) is -0.191. The van der Waals surface area contributed by atoms with Crippen molar-refractivity contribution in [2.24, 2.45) is 0 Å². The zero-order valence-corrected chi connectivity index (χ0v) is 13.5. The number of benzene rings is 2. The maximum atomic E-state index is 13.5. The van der Waals surface area contributed by atoms with Crippen molar-refractivity contribution >= 4 is 29.0 Å². The van der Waals surface area contributed by atoms with Crippen LogP contribution in [0.2, 0.25) is 10.0 Å². The van der Waals surface area contributed by atoms with Crippen molar-refractivity contribution in [3.8, 4) is 16.8 Å². The zero-order chi connectivity index (χ0) is 17.5. The minimum absolute atomic E-state index is 0.00726. The molecule has 3 rings (SSSR count). The number of hydrogen-bond acceptors (Lipinski definition) is 2. The third kappa shape index (κ3) is 2.83. The summed E-state index contributed by atoms with van der Waals surface area (Å²) in [5.41, 5.74) is 4.92. The fourth-order valence-electron chi connectivity index (χ4n) is 2.38. The lowest BCUT2D eigenvalue weighted by Gasteiger charge is -2.10. The molecule has 0 fully saturated rings. The van der Waals surface area contributed by atoms with Gasteiger partial charge in [0.1, 0.15) is 5.82 Å². The van der Waals surface area contributed by atoms with Gasteiger partial charge in [-0.3, -0.25) is 0 Å². The first-order chi connectivity index (χ1) is 11.3. The van der Waals surface area contributed by atoms with Crippen LogP contribution in [0.25, 0.3) is 16.8 Å². The quantitative estimate of drug-likeness (QED) is 0.650. The molecule has 124 valence electrons. The highest BCUT2D eigenvalue weighted by atomic mass is 35.5. The summed E-state index contributed by atoms with van der Waals surface area (Å²) in [5, 5.41) is 3.78. The van der Waals surface area contributed by atoms with Crippen molar-refractivity contribution in [1.82, 2.24) is 9.78 Å². The van der Waals surface area contributed by atoms with Crippen molar-refractivity contribution in [2.75, 3.05) is 5.73 Å². The Kier molecular flexibility index (Phi) is 4.19. The predicted octanol–water partition coefficient (Wildman–Crippen LogP) is 5.45. The van der Waals surface area contributed by atoms with Gasteiger partial charge in [-0.25, -0.2) is 4.68 Å². The Hall–Kier alpha value is -2.18. The van der Waals surface area contributed by atoms with Crippen LogP contribution >= 0.6 is 23.2 Å². The number of nitrogen functional groups attached to an aromatic ring is 1. The van der Waals surface area contributed by atoms with Crippen LogP contribution in [0, 0.1) is 0 Å². The van der Waals surface area contributed by atoms with Gasteiger partial charge in [0.05, 0.1) is 21.3 Å². The van der Waals surface area contributed by atoms with Crippen LogP contribution in [-0.2, 0) is 6.18 Å². The molecule has 0 spiro atoms. The molecule has 8 heteroatoms. The van der Waals surface area contributed by atoms with Crippen molar-refractivity contribution in [1.29, 1.82) is 0 Å². The molecule has 0 amide bonds. The van der Waals surface area contributed by atoms with E-state index in [1.807, 2.05) is 0 Å². The lowest BCUT2D eigenvalue weighted by molar-refractivity contribution is -0.140. The fourth-order valence-corrected chi connectivity index (χ4v) is 2.97. The molecule has 0 atom stereocenters. The molecule has 0 aliphatic heterocycles. The number of anilines is 1. The Morgan fingerprint density at radius 1 is 0.875 bits per heavy atom. The third-order valence-corrected chi connectivity index (χ3v) is 4.03. The largest absolute Gasteiger partial charge is 0.435 e. The zero-order valence-electron chi connectivity index (χ0n) is 12.0. The number of nitrogens with zero attached hydrogens (tertiary/aromatic N) is 2. The van der Waals surface area contributed by atoms with Crippen LogP contribution in [0.15, 0.2) is 48.5 Å². The SMILES string of the molecule is Nc1c(-c2c(Cl)cccc2Cl)c(C(F)(F)F)nn1-c1ccccc1. The van der Waals surface area contributed by atoms with E-state index in [2.05, 4.69) is 5.10 Å². The minimum Gasteiger partial charge on any atom is -0.383 e. The molecular weight excluding hydrogens is 362 g/mol. The van der Waals surface area contributed by atoms with E-state index in [9.17, 15) is 13.2 Å². The molecule has 3 aromatic rings. The average molecular weight is 372 g/mol. The van der Waals surface area contributed by atoms with Crippen LogP contribution in [0.4, 0.5) is 19.0 Å². The summed E-state index contributed by atoms with van der Waals surface area (Å²) in [6, 6.07) is 12.7. The molecule has 0 aliphatic carbocycles. The fraction of sp³-hybridized carbons (Fsp3) is 0.0625. The normalized spacial score (nSPS) is 11.7. The lowest BCUT2D eigenvalue weighted by atomic mass is 10.0. The average Bonchev–Trinajstić information content (AvgIpc) is 2.86. The first kappa shape index (κ1) is 16.7. The molecule has 3 nitrogen and oxygen atoms in total. The van der Waals surface area contributed by atoms with Crippen LogP contribution < -0.4 is 5.73 Å². The number of alkyl halides is 3. The van der Waals surface area contributed by atoms with Gasteiger partial charge in [0, 0.05) is 5.56 Å². The molecule has 0 unspecified atom stereocenters. The van der Waals surface area contributed by atoms with Gasteiger partial charge in [0.2, 0.25) is 0 Å². The second kappa shape index (κ2) is 6.03. The van der Waals surface area contributed by atoms with Gasteiger partial charge >= 0.3 is 6.18 Å². The summed E-state index contributed by atoms with van der Waals surface area (Å²) in [4.78, 5) is 0. The van der Waals surface area contributed by atoms with E-state index in [1.165, 1.54) is 12.1 Å². The van der Waals surface area contributed by atoms with Gasteiger partial charge in [-0.15, -0.1) is 0 Å². The van der Waals surface area contributed by atoms with Crippen molar-refractivity contribution in [2.45, 2.75) is 6.18 Å². The van der Waals surface area contributed by atoms with Gasteiger partial charge in [0.15, 0.2) is 5.69 Å². The molecule has 0 saturated carbocycles. The van der Waals surface area contributed by atoms with E-state index in [1.54, 1.807) is 36.4 Å². The van der Waals surface area contributed by atoms with Crippen molar-refractivity contribution in [3.63, 3.8) is 0 Å². The van der Waals surface area contributed by atoms with Crippen LogP contribution in [0.3, 0.4) is 0 Å². The van der Waals surface area contributed by atoms with E-state index >= 15 is 0 Å². The minimum atomic E-state index is -4.72. The molecule has 2 aromatic carbocycles. The lowest BCUT2D eigenvalue weighted by Crippen LogP contribution is -2.08. The number of nitrogens with two attached hydrogens (primary N) is 1. The Bertz CT molecular complexity index is 869. The van der Waals surface area contributed by atoms with E-state index in [0.29, 0.717) is 5.69 Å². The number of rotatable bonds is 2. The first-order valence-corrected chi connectivity index (χ1v) is 7.52. The molecule has 0 saturated heterocycles. The molecule has 1 heterocycles. The van der Waals surface area contributed by atoms with Gasteiger partial charge in [0.25, 0.3) is 0 Å². The van der Waals surface area contributed by atoms with Crippen LogP contribution in [0.5, 0.6) is 0 Å². The van der Waals surface area contributed by atoms with E-state index in [0.717, 1.165) is 4.68 Å². The maximum absolute atomic E-state index is 13.5. The highest BCUT2D eigenvalue weighted by Gasteiger charge is 2.40. The van der Waals surface area contributed by atoms with Crippen molar-refractivity contribution < 1.29 is 13.2 Å². The molecule has 1 aromatic heterocycles. The molecule has 2 N–H and O–H groups in total. The Balaban J connectivity index is 2.35. The second-order valence-corrected chi connectivity index (χ2v) is 5.77. The molecule has 24 heavy (non-hydrogen) atoms. The van der Waals surface area contributed by atoms with Gasteiger partial charge in [-0.2, -0.15) is 18.3 Å². The summed E-state index contributed by atoms with van der Waals surface area (Å²) < 4.78 is 41.5. The van der Waals surface area contributed by atoms with E-state index in [-0.39, 0.29) is 27.0 Å². The number of para-hydroxylation sites is 1. The molecule has 0 aliphatic rings. The van der Waals surface area contributed by atoms with Crippen LogP contribution in [-0.4, -0.2) is 9.78 Å². The van der Waals surface area contributed by atoms with E-state index in [4.69, 9.17) is 28.9 Å². The number of halogens is 5. The van der Waals surface area contributed by atoms with Gasteiger partial charge < -0.3 is 5.73 Å². The highest BCUT2D eigenvalue weighted by molar-refractivity contribution is 6.39. The Morgan fingerprint density at radius 2 is 1.46 bits per heavy atom. The molecular formula is C16H10Cl2F3N3.